The summed E-state index contributed by atoms with van der Waals surface area (Å²) in [5, 5.41) is 6.13. The lowest BCUT2D eigenvalue weighted by molar-refractivity contribution is 0.632. The van der Waals surface area contributed by atoms with Crippen molar-refractivity contribution in [2.24, 2.45) is 0 Å². The Balaban J connectivity index is 0.924. The fraction of sp³-hybridized carbons (Fsp3) is 0. The van der Waals surface area contributed by atoms with Crippen molar-refractivity contribution in [2.45, 2.75) is 0 Å². The second-order valence-electron chi connectivity index (χ2n) is 16.9. The van der Waals surface area contributed by atoms with E-state index in [1.807, 2.05) is 12.1 Å². The third-order valence-corrected chi connectivity index (χ3v) is 12.9. The van der Waals surface area contributed by atoms with Crippen LogP contribution in [0.25, 0.3) is 99.5 Å². The van der Waals surface area contributed by atoms with Gasteiger partial charge in [0.2, 0.25) is 0 Å². The topological polar surface area (TPSA) is 16.4 Å². The fourth-order valence-electron chi connectivity index (χ4n) is 9.53. The maximum atomic E-state index is 6.49. The van der Waals surface area contributed by atoms with Crippen molar-refractivity contribution >= 4 is 49.6 Å². The molecule has 66 heavy (non-hydrogen) atoms. The fourth-order valence-corrected chi connectivity index (χ4v) is 9.53. The maximum absolute atomic E-state index is 6.49. The van der Waals surface area contributed by atoms with Gasteiger partial charge in [-0.3, -0.25) is 0 Å². The first-order valence-electron chi connectivity index (χ1n) is 22.6. The molecule has 1 heterocycles. The highest BCUT2D eigenvalue weighted by Crippen LogP contribution is 2.42. The lowest BCUT2D eigenvalue weighted by Gasteiger charge is -2.26. The Labute approximate surface area is 384 Å². The predicted molar refractivity (Wildman–Crippen MR) is 279 cm³/mol. The highest BCUT2D eigenvalue weighted by Gasteiger charge is 2.17. The predicted octanol–water partition coefficient (Wildman–Crippen LogP) is 18.2. The third kappa shape index (κ3) is 7.31. The summed E-state index contributed by atoms with van der Waals surface area (Å²) in [6.07, 6.45) is 0. The molecule has 2 nitrogen and oxygen atoms in total. The van der Waals surface area contributed by atoms with E-state index in [-0.39, 0.29) is 0 Å². The second kappa shape index (κ2) is 16.8. The summed E-state index contributed by atoms with van der Waals surface area (Å²) in [5.41, 5.74) is 16.9. The van der Waals surface area contributed by atoms with Gasteiger partial charge in [-0.2, -0.15) is 0 Å². The van der Waals surface area contributed by atoms with Crippen molar-refractivity contribution in [3.05, 3.63) is 261 Å². The van der Waals surface area contributed by atoms with Crippen LogP contribution in [-0.4, -0.2) is 0 Å². The zero-order chi connectivity index (χ0) is 43.8. The lowest BCUT2D eigenvalue weighted by Crippen LogP contribution is -2.09. The first-order chi connectivity index (χ1) is 32.7. The molecule has 0 fully saturated rings. The van der Waals surface area contributed by atoms with Crippen LogP contribution in [0.1, 0.15) is 0 Å². The van der Waals surface area contributed by atoms with E-state index in [0.717, 1.165) is 61.6 Å². The number of anilines is 3. The molecule has 11 aromatic carbocycles. The zero-order valence-corrected chi connectivity index (χ0v) is 36.2. The lowest BCUT2D eigenvalue weighted by atomic mass is 9.93. The van der Waals surface area contributed by atoms with E-state index in [1.165, 1.54) is 54.9 Å². The molecular weight excluding hydrogens is 799 g/mol. The smallest absolute Gasteiger partial charge is 0.136 e. The SMILES string of the molecule is c1ccc(-c2ccc(-c3ccc(N(c4ccc(-c5ccc(-c6ccccc6)c(-c6cc7ccccc7o6)c5)cc4)c4ccc(-c5cc6ccccc6c6ccccc56)cc4)cc3)cc2)cc1. The Kier molecular flexibility index (Phi) is 9.89. The van der Waals surface area contributed by atoms with E-state index >= 15 is 0 Å². The van der Waals surface area contributed by atoms with Crippen LogP contribution in [0.5, 0.6) is 0 Å². The van der Waals surface area contributed by atoms with Gasteiger partial charge in [0.05, 0.1) is 0 Å². The van der Waals surface area contributed by atoms with Crippen molar-refractivity contribution in [1.29, 1.82) is 0 Å². The van der Waals surface area contributed by atoms with Crippen molar-refractivity contribution in [2.75, 3.05) is 4.90 Å². The van der Waals surface area contributed by atoms with E-state index in [1.54, 1.807) is 0 Å². The minimum absolute atomic E-state index is 0.857. The van der Waals surface area contributed by atoms with Gasteiger partial charge in [0.25, 0.3) is 0 Å². The summed E-state index contributed by atoms with van der Waals surface area (Å²) >= 11 is 0. The van der Waals surface area contributed by atoms with E-state index < -0.39 is 0 Å². The Morgan fingerprint density at radius 2 is 0.667 bits per heavy atom. The average Bonchev–Trinajstić information content (AvgIpc) is 3.84. The van der Waals surface area contributed by atoms with Crippen LogP contribution < -0.4 is 4.90 Å². The van der Waals surface area contributed by atoms with Crippen LogP contribution in [0.4, 0.5) is 17.1 Å². The molecule has 0 N–H and O–H groups in total. The molecule has 0 spiro atoms. The molecule has 12 aromatic rings. The molecule has 0 bridgehead atoms. The molecule has 0 atom stereocenters. The Hall–Kier alpha value is -8.72. The molecule has 0 saturated heterocycles. The van der Waals surface area contributed by atoms with Gasteiger partial charge in [0.15, 0.2) is 0 Å². The summed E-state index contributed by atoms with van der Waals surface area (Å²) in [6.45, 7) is 0. The number of rotatable bonds is 9. The summed E-state index contributed by atoms with van der Waals surface area (Å²) in [7, 11) is 0. The Bertz CT molecular complexity index is 3610. The highest BCUT2D eigenvalue weighted by molar-refractivity contribution is 6.13. The van der Waals surface area contributed by atoms with Crippen LogP contribution in [0, 0.1) is 0 Å². The van der Waals surface area contributed by atoms with Gasteiger partial charge in [-0.1, -0.05) is 200 Å². The number of fused-ring (bicyclic) bond motifs is 4. The monoisotopic (exact) mass is 841 g/mol. The molecule has 1 aromatic heterocycles. The first kappa shape index (κ1) is 38.9. The zero-order valence-electron chi connectivity index (χ0n) is 36.2. The third-order valence-electron chi connectivity index (χ3n) is 12.9. The standard InChI is InChI=1S/C64H43NO/c1-3-13-44(14-4-1)45-23-25-46(26-24-45)47-27-34-54(35-28-47)65(56-38-31-50(32-39-56)61-42-52-17-7-9-19-57(52)59-20-10-11-21-60(59)61)55-36-29-48(30-37-55)51-33-40-58(49-15-5-2-6-16-49)62(41-51)64-43-53-18-8-12-22-63(53)66-64/h1-43H. The number of nitrogens with zero attached hydrogens (tertiary/aromatic N) is 1. The quantitative estimate of drug-likeness (QED) is 0.135. The summed E-state index contributed by atoms with van der Waals surface area (Å²) in [4.78, 5) is 2.35. The largest absolute Gasteiger partial charge is 0.456 e. The van der Waals surface area contributed by atoms with Crippen molar-refractivity contribution in [1.82, 2.24) is 0 Å². The van der Waals surface area contributed by atoms with Gasteiger partial charge in [-0.25, -0.2) is 0 Å². The highest BCUT2D eigenvalue weighted by atomic mass is 16.3. The van der Waals surface area contributed by atoms with Crippen molar-refractivity contribution in [3.8, 4) is 67.0 Å². The van der Waals surface area contributed by atoms with Gasteiger partial charge in [0.1, 0.15) is 11.3 Å². The van der Waals surface area contributed by atoms with Crippen molar-refractivity contribution in [3.63, 3.8) is 0 Å². The van der Waals surface area contributed by atoms with Crippen LogP contribution in [0.15, 0.2) is 265 Å². The molecular formula is C64H43NO. The van der Waals surface area contributed by atoms with E-state index in [9.17, 15) is 0 Å². The summed E-state index contributed by atoms with van der Waals surface area (Å²) < 4.78 is 6.49. The summed E-state index contributed by atoms with van der Waals surface area (Å²) in [5.74, 6) is 0.857. The van der Waals surface area contributed by atoms with Gasteiger partial charge in [-0.05, 0) is 138 Å². The van der Waals surface area contributed by atoms with Crippen LogP contribution in [-0.2, 0) is 0 Å². The van der Waals surface area contributed by atoms with Gasteiger partial charge >= 0.3 is 0 Å². The van der Waals surface area contributed by atoms with E-state index in [0.29, 0.717) is 0 Å². The molecule has 0 amide bonds. The molecule has 0 aliphatic carbocycles. The molecule has 12 rings (SSSR count). The van der Waals surface area contributed by atoms with Gasteiger partial charge < -0.3 is 9.32 Å². The minimum atomic E-state index is 0.857. The van der Waals surface area contributed by atoms with Gasteiger partial charge in [-0.15, -0.1) is 0 Å². The molecule has 0 saturated carbocycles. The number of hydrogen-bond donors (Lipinski definition) is 0. The molecule has 0 unspecified atom stereocenters. The van der Waals surface area contributed by atoms with Gasteiger partial charge in [0, 0.05) is 28.0 Å². The molecule has 0 aliphatic rings. The second-order valence-corrected chi connectivity index (χ2v) is 16.9. The Morgan fingerprint density at radius 1 is 0.242 bits per heavy atom. The molecule has 0 radical (unpaired) electrons. The van der Waals surface area contributed by atoms with Crippen LogP contribution in [0.3, 0.4) is 0 Å². The van der Waals surface area contributed by atoms with E-state index in [4.69, 9.17) is 4.42 Å². The number of para-hydroxylation sites is 1. The van der Waals surface area contributed by atoms with Crippen LogP contribution >= 0.6 is 0 Å². The van der Waals surface area contributed by atoms with E-state index in [2.05, 4.69) is 254 Å². The molecule has 2 heteroatoms. The molecule has 310 valence electrons. The maximum Gasteiger partial charge on any atom is 0.136 e. The minimum Gasteiger partial charge on any atom is -0.456 e. The van der Waals surface area contributed by atoms with Crippen LogP contribution in [0.2, 0.25) is 0 Å². The normalized spacial score (nSPS) is 11.3. The average molecular weight is 842 g/mol. The Morgan fingerprint density at radius 3 is 1.27 bits per heavy atom. The number of benzene rings is 11. The molecule has 0 aliphatic heterocycles. The summed E-state index contributed by atoms with van der Waals surface area (Å²) in [6, 6.07) is 93.8. The first-order valence-corrected chi connectivity index (χ1v) is 22.6. The number of furan rings is 1. The number of hydrogen-bond acceptors (Lipinski definition) is 2. The van der Waals surface area contributed by atoms with Crippen molar-refractivity contribution < 1.29 is 4.42 Å².